The lowest BCUT2D eigenvalue weighted by atomic mass is 10.4. The van der Waals surface area contributed by atoms with Crippen molar-refractivity contribution in [1.29, 1.82) is 0 Å². The number of oxazole rings is 1. The highest BCUT2D eigenvalue weighted by Gasteiger charge is 2.18. The fraction of sp³-hybridized carbons (Fsp3) is 0.333. The Labute approximate surface area is 98.5 Å². The fourth-order valence-corrected chi connectivity index (χ4v) is 2.46. The van der Waals surface area contributed by atoms with Crippen molar-refractivity contribution in [3.05, 3.63) is 30.1 Å². The Kier molecular flexibility index (Phi) is 2.99. The number of hydrogen-bond acceptors (Lipinski definition) is 5. The van der Waals surface area contributed by atoms with Crippen molar-refractivity contribution in [2.45, 2.75) is 18.5 Å². The van der Waals surface area contributed by atoms with Gasteiger partial charge in [0.2, 0.25) is 0 Å². The summed E-state index contributed by atoms with van der Waals surface area (Å²) >= 11 is 0. The van der Waals surface area contributed by atoms with Crippen LogP contribution in [0.5, 0.6) is 0 Å². The van der Waals surface area contributed by atoms with Gasteiger partial charge in [0, 0.05) is 7.05 Å². The number of rotatable bonds is 4. The van der Waals surface area contributed by atoms with Crippen LogP contribution in [0.1, 0.15) is 11.5 Å². The molecule has 2 aromatic heterocycles. The maximum atomic E-state index is 11.9. The molecule has 0 spiro atoms. The Hall–Kier alpha value is -1.67. The largest absolute Gasteiger partial charge is 0.447 e. The molecule has 0 saturated heterocycles. The summed E-state index contributed by atoms with van der Waals surface area (Å²) in [6, 6.07) is 1.43. The third-order valence-corrected chi connectivity index (χ3v) is 3.79. The van der Waals surface area contributed by atoms with Crippen molar-refractivity contribution in [2.75, 3.05) is 0 Å². The average molecular weight is 256 g/mol. The summed E-state index contributed by atoms with van der Waals surface area (Å²) < 4.78 is 32.5. The Balaban J connectivity index is 2.15. The molecule has 2 rings (SSSR count). The molecule has 0 bridgehead atoms. The summed E-state index contributed by atoms with van der Waals surface area (Å²) in [5, 5.41) is 3.91. The zero-order valence-corrected chi connectivity index (χ0v) is 10.2. The summed E-state index contributed by atoms with van der Waals surface area (Å²) in [5.74, 6) is 0.496. The van der Waals surface area contributed by atoms with E-state index in [-0.39, 0.29) is 11.6 Å². The molecule has 8 heteroatoms. The lowest BCUT2D eigenvalue weighted by molar-refractivity contribution is 0.490. The number of nitrogens with one attached hydrogen (secondary N) is 1. The molecule has 0 aliphatic heterocycles. The molecule has 0 aromatic carbocycles. The second kappa shape index (κ2) is 4.30. The van der Waals surface area contributed by atoms with Gasteiger partial charge in [0.15, 0.2) is 11.4 Å². The molecule has 0 fully saturated rings. The molecular weight excluding hydrogens is 244 g/mol. The van der Waals surface area contributed by atoms with E-state index in [4.69, 9.17) is 4.42 Å². The second-order valence-corrected chi connectivity index (χ2v) is 5.19. The summed E-state index contributed by atoms with van der Waals surface area (Å²) in [6.07, 6.45) is 2.71. The quantitative estimate of drug-likeness (QED) is 0.843. The van der Waals surface area contributed by atoms with E-state index in [9.17, 15) is 8.42 Å². The van der Waals surface area contributed by atoms with E-state index in [2.05, 4.69) is 14.8 Å². The topological polar surface area (TPSA) is 90.0 Å². The van der Waals surface area contributed by atoms with Gasteiger partial charge in [0.1, 0.15) is 5.76 Å². The van der Waals surface area contributed by atoms with Crippen LogP contribution in [-0.4, -0.2) is 23.2 Å². The normalized spacial score (nSPS) is 11.9. The lowest BCUT2D eigenvalue weighted by Crippen LogP contribution is -2.25. The summed E-state index contributed by atoms with van der Waals surface area (Å²) in [6.45, 7) is 1.82. The molecular formula is C9H12N4O3S. The first-order chi connectivity index (χ1) is 8.00. The minimum Gasteiger partial charge on any atom is -0.447 e. The van der Waals surface area contributed by atoms with Gasteiger partial charge in [-0.1, -0.05) is 0 Å². The van der Waals surface area contributed by atoms with Crippen LogP contribution in [0.4, 0.5) is 0 Å². The monoisotopic (exact) mass is 256 g/mol. The molecule has 0 aliphatic carbocycles. The van der Waals surface area contributed by atoms with Crippen LogP contribution in [0, 0.1) is 6.92 Å². The Morgan fingerprint density at radius 2 is 2.29 bits per heavy atom. The fourth-order valence-electron chi connectivity index (χ4n) is 1.36. The third kappa shape index (κ3) is 2.37. The first-order valence-corrected chi connectivity index (χ1v) is 6.35. The molecule has 0 radical (unpaired) electrons. The molecule has 2 heterocycles. The standard InChI is InChI=1S/C9H12N4O3S/c1-7-8(16-6-10-7)5-12-17(14,15)9-3-4-11-13(9)2/h3-4,6,12H,5H2,1-2H3. The minimum absolute atomic E-state index is 0.0688. The van der Waals surface area contributed by atoms with Crippen LogP contribution >= 0.6 is 0 Å². The number of aromatic nitrogens is 3. The highest BCUT2D eigenvalue weighted by molar-refractivity contribution is 7.89. The highest BCUT2D eigenvalue weighted by Crippen LogP contribution is 2.09. The van der Waals surface area contributed by atoms with Gasteiger partial charge in [-0.2, -0.15) is 5.10 Å². The maximum Gasteiger partial charge on any atom is 0.258 e. The van der Waals surface area contributed by atoms with Gasteiger partial charge in [-0.15, -0.1) is 0 Å². The number of aryl methyl sites for hydroxylation is 2. The first kappa shape index (κ1) is 11.8. The van der Waals surface area contributed by atoms with Crippen molar-refractivity contribution >= 4 is 10.0 Å². The molecule has 92 valence electrons. The van der Waals surface area contributed by atoms with E-state index >= 15 is 0 Å². The molecule has 2 aromatic rings. The molecule has 0 aliphatic rings. The molecule has 1 N–H and O–H groups in total. The van der Waals surface area contributed by atoms with Crippen molar-refractivity contribution in [3.8, 4) is 0 Å². The zero-order chi connectivity index (χ0) is 12.5. The zero-order valence-electron chi connectivity index (χ0n) is 9.41. The SMILES string of the molecule is Cc1ncoc1CNS(=O)(=O)c1ccnn1C. The van der Waals surface area contributed by atoms with Gasteiger partial charge < -0.3 is 4.42 Å². The predicted molar refractivity (Wildman–Crippen MR) is 58.5 cm³/mol. The van der Waals surface area contributed by atoms with Gasteiger partial charge in [0.25, 0.3) is 10.0 Å². The van der Waals surface area contributed by atoms with E-state index in [0.717, 1.165) is 0 Å². The molecule has 7 nitrogen and oxygen atoms in total. The summed E-state index contributed by atoms with van der Waals surface area (Å²) in [5.41, 5.74) is 0.665. The minimum atomic E-state index is -3.58. The van der Waals surface area contributed by atoms with Gasteiger partial charge in [-0.25, -0.2) is 18.1 Å². The van der Waals surface area contributed by atoms with Crippen LogP contribution in [0.2, 0.25) is 0 Å². The van der Waals surface area contributed by atoms with Crippen molar-refractivity contribution in [2.24, 2.45) is 7.05 Å². The number of sulfonamides is 1. The average Bonchev–Trinajstić information content (AvgIpc) is 2.85. The van der Waals surface area contributed by atoms with Gasteiger partial charge in [0.05, 0.1) is 18.4 Å². The van der Waals surface area contributed by atoms with Crippen molar-refractivity contribution < 1.29 is 12.8 Å². The Morgan fingerprint density at radius 3 is 2.82 bits per heavy atom. The van der Waals surface area contributed by atoms with Crippen LogP contribution < -0.4 is 4.72 Å². The van der Waals surface area contributed by atoms with Crippen LogP contribution in [0.3, 0.4) is 0 Å². The lowest BCUT2D eigenvalue weighted by Gasteiger charge is -2.05. The van der Waals surface area contributed by atoms with Crippen LogP contribution in [0.25, 0.3) is 0 Å². The van der Waals surface area contributed by atoms with Gasteiger partial charge in [-0.05, 0) is 13.0 Å². The van der Waals surface area contributed by atoms with Crippen molar-refractivity contribution in [3.63, 3.8) is 0 Å². The van der Waals surface area contributed by atoms with Crippen molar-refractivity contribution in [1.82, 2.24) is 19.5 Å². The molecule has 0 saturated carbocycles. The van der Waals surface area contributed by atoms with Crippen LogP contribution in [0.15, 0.2) is 28.1 Å². The van der Waals surface area contributed by atoms with E-state index in [1.54, 1.807) is 14.0 Å². The number of hydrogen-bond donors (Lipinski definition) is 1. The third-order valence-electron chi connectivity index (χ3n) is 2.32. The van der Waals surface area contributed by atoms with E-state index in [1.807, 2.05) is 0 Å². The second-order valence-electron chi connectivity index (χ2n) is 3.48. The van der Waals surface area contributed by atoms with E-state index in [1.165, 1.54) is 23.3 Å². The maximum absolute atomic E-state index is 11.9. The summed E-state index contributed by atoms with van der Waals surface area (Å²) in [7, 11) is -2.01. The van der Waals surface area contributed by atoms with Gasteiger partial charge >= 0.3 is 0 Å². The molecule has 0 atom stereocenters. The Bertz CT molecular complexity index is 614. The number of nitrogens with zero attached hydrogens (tertiary/aromatic N) is 3. The first-order valence-electron chi connectivity index (χ1n) is 4.87. The highest BCUT2D eigenvalue weighted by atomic mass is 32.2. The Morgan fingerprint density at radius 1 is 1.53 bits per heavy atom. The molecule has 17 heavy (non-hydrogen) atoms. The van der Waals surface area contributed by atoms with E-state index in [0.29, 0.717) is 11.5 Å². The van der Waals surface area contributed by atoms with Gasteiger partial charge in [-0.3, -0.25) is 4.68 Å². The molecule has 0 amide bonds. The smallest absolute Gasteiger partial charge is 0.258 e. The predicted octanol–water partition coefficient (Wildman–Crippen LogP) is 0.195. The van der Waals surface area contributed by atoms with Crippen LogP contribution in [-0.2, 0) is 23.6 Å². The summed E-state index contributed by atoms with van der Waals surface area (Å²) in [4.78, 5) is 3.88. The van der Waals surface area contributed by atoms with E-state index < -0.39 is 10.0 Å². The molecule has 0 unspecified atom stereocenters.